The predicted molar refractivity (Wildman–Crippen MR) is 409 cm³/mol. The molecule has 0 amide bonds. The van der Waals surface area contributed by atoms with E-state index in [-0.39, 0.29) is 43.4 Å². The van der Waals surface area contributed by atoms with Crippen LogP contribution >= 0.6 is 61.0 Å². The van der Waals surface area contributed by atoms with Crippen LogP contribution < -0.4 is 64.9 Å². The van der Waals surface area contributed by atoms with Gasteiger partial charge in [-0.15, -0.1) is 43.7 Å². The molecule has 48 heteroatoms. The van der Waals surface area contributed by atoms with Crippen LogP contribution in [0.1, 0.15) is 0 Å². The number of hydrogen-bond acceptors (Lipinski definition) is 0. The quantitative estimate of drug-likeness (QED) is 0.0142. The molecule has 0 saturated heterocycles. The third-order valence-electron chi connectivity index (χ3n) is 19.1. The van der Waals surface area contributed by atoms with Crippen LogP contribution in [-0.2, 0) is 24.8 Å². The van der Waals surface area contributed by atoms with Crippen LogP contribution in [0.4, 0.5) is 176 Å². The van der Waals surface area contributed by atoms with E-state index in [0.717, 1.165) is 0 Å². The largest absolute Gasteiger partial charge is 3.00 e. The van der Waals surface area contributed by atoms with Gasteiger partial charge >= 0.3 is 31.4 Å². The first-order valence-corrected chi connectivity index (χ1v) is 39.2. The topological polar surface area (TPSA) is 19.9 Å². The first-order chi connectivity index (χ1) is 60.1. The van der Waals surface area contributed by atoms with Gasteiger partial charge in [0.15, 0.2) is 140 Å². The van der Waals surface area contributed by atoms with E-state index >= 15 is 70.2 Å². The van der Waals surface area contributed by atoms with Gasteiger partial charge in [0.05, 0.1) is 0 Å². The van der Waals surface area contributed by atoms with E-state index in [9.17, 15) is 105 Å². The molecule has 0 aromatic heterocycles. The fraction of sp³-hybridized carbons (Fsp3) is 0.0244. The van der Waals surface area contributed by atoms with Gasteiger partial charge in [-0.3, -0.25) is 0 Å². The third kappa shape index (κ3) is 18.7. The van der Waals surface area contributed by atoms with Crippen molar-refractivity contribution >= 4 is 138 Å². The van der Waals surface area contributed by atoms with Crippen LogP contribution in [0.25, 0.3) is 0 Å². The van der Waals surface area contributed by atoms with E-state index in [4.69, 9.17) is 4.65 Å². The summed E-state index contributed by atoms with van der Waals surface area (Å²) >= 11 is 4.63. The zero-order chi connectivity index (χ0) is 95.7. The van der Waals surface area contributed by atoms with Crippen molar-refractivity contribution in [3.63, 3.8) is 0 Å². The first-order valence-electron chi connectivity index (χ1n) is 33.9. The average Bonchev–Trinajstić information content (AvgIpc) is 0.684. The minimum Gasteiger partial charge on any atom is -0.358 e. The fourth-order valence-electron chi connectivity index (χ4n) is 13.6. The number of rotatable bonds is 15. The summed E-state index contributed by atoms with van der Waals surface area (Å²) < 4.78 is 598. The molecule has 0 radical (unpaired) electrons. The molecule has 0 saturated carbocycles. The molecule has 0 unspecified atom stereocenters. The van der Waals surface area contributed by atoms with Crippen molar-refractivity contribution in [1.82, 2.24) is 0 Å². The zero-order valence-corrected chi connectivity index (χ0v) is 70.9. The van der Waals surface area contributed by atoms with Crippen molar-refractivity contribution in [2.75, 3.05) is 12.3 Å². The third-order valence-corrected chi connectivity index (χ3v) is 27.4. The maximum atomic E-state index is 15.4. The van der Waals surface area contributed by atoms with Crippen LogP contribution in [0.15, 0.2) is 146 Å². The van der Waals surface area contributed by atoms with Crippen LogP contribution in [0.5, 0.6) is 0 Å². The molecule has 0 aliphatic heterocycles. The summed E-state index contributed by atoms with van der Waals surface area (Å²) in [7, 11) is -0.696. The van der Waals surface area contributed by atoms with E-state index in [2.05, 4.69) is 185 Å². The van der Waals surface area contributed by atoms with Crippen molar-refractivity contribution in [2.24, 2.45) is 0 Å². The van der Waals surface area contributed by atoms with Gasteiger partial charge in [0, 0.05) is 7.14 Å². The van der Waals surface area contributed by atoms with Crippen LogP contribution in [-0.4, -0.2) is 24.6 Å². The van der Waals surface area contributed by atoms with Gasteiger partial charge in [0.2, 0.25) is 0 Å². The Morgan fingerprint density at radius 2 is 0.269 bits per heavy atom. The van der Waals surface area contributed by atoms with E-state index in [1.165, 1.54) is 40.7 Å². The first kappa shape index (κ1) is 107. The monoisotopic (exact) mass is 2320 g/mol. The van der Waals surface area contributed by atoms with Crippen molar-refractivity contribution in [2.45, 2.75) is 0 Å². The summed E-state index contributed by atoms with van der Waals surface area (Å²) in [5, 5.41) is 5.89. The summed E-state index contributed by atoms with van der Waals surface area (Å²) in [6, 6.07) is 52.5. The molecule has 1 nitrogen and oxygen atoms in total. The number of halogens is 42. The van der Waals surface area contributed by atoms with Crippen molar-refractivity contribution < 1.29 is 200 Å². The second-order valence-electron chi connectivity index (χ2n) is 25.7. The minimum absolute atomic E-state index is 0. The van der Waals surface area contributed by atoms with Crippen molar-refractivity contribution in [3.8, 4) is 0 Å². The Balaban J connectivity index is 0.000000256. The summed E-state index contributed by atoms with van der Waals surface area (Å²) in [5.41, 5.74) is -28.7. The molecule has 0 fully saturated rings. The van der Waals surface area contributed by atoms with Gasteiger partial charge in [0.25, 0.3) is 0 Å². The van der Waals surface area contributed by atoms with Gasteiger partial charge in [-0.25, -0.2) is 176 Å². The van der Waals surface area contributed by atoms with Crippen molar-refractivity contribution in [3.05, 3.63) is 399 Å². The maximum absolute atomic E-state index is 15.4. The van der Waals surface area contributed by atoms with Gasteiger partial charge in [-0.2, -0.15) is 0 Å². The molecule has 130 heavy (non-hydrogen) atoms. The number of hydrogen-bond donors (Lipinski definition) is 0. The maximum Gasteiger partial charge on any atom is 3.00 e. The zero-order valence-electron chi connectivity index (χ0n) is 62.4. The molecule has 0 atom stereocenters. The second kappa shape index (κ2) is 43.1. The summed E-state index contributed by atoms with van der Waals surface area (Å²) in [5.74, 6) is -143. The van der Waals surface area contributed by atoms with E-state index < -0.39 is 289 Å². The van der Waals surface area contributed by atoms with E-state index in [0.29, 0.717) is 0 Å². The van der Waals surface area contributed by atoms with Crippen LogP contribution in [0, 0.1) is 254 Å². The van der Waals surface area contributed by atoms with Gasteiger partial charge in [-0.05, 0) is 107 Å². The number of benzene rings is 13. The molecule has 13 aromatic carbocycles. The average molecular weight is 2320 g/mol. The van der Waals surface area contributed by atoms with E-state index in [1.54, 1.807) is 0 Å². The van der Waals surface area contributed by atoms with Crippen molar-refractivity contribution in [1.29, 1.82) is 0 Å². The molecule has 0 N–H and O–H groups in total. The molecule has 13 rings (SSSR count). The Hall–Kier alpha value is -10.1. The fourth-order valence-corrected chi connectivity index (χ4v) is 19.8. The normalized spacial score (nSPS) is 11.3. The molecular weight excluding hydrogens is 2290 g/mol. The molecule has 0 aliphatic carbocycles. The summed E-state index contributed by atoms with van der Waals surface area (Å²) in [4.78, 5) is 0. The Bertz CT molecular complexity index is 5290. The Labute approximate surface area is 745 Å². The van der Waals surface area contributed by atoms with E-state index in [1.807, 2.05) is 12.1 Å². The Morgan fingerprint density at radius 1 is 0.177 bits per heavy atom. The molecule has 684 valence electrons. The molecule has 0 heterocycles. The summed E-state index contributed by atoms with van der Waals surface area (Å²) in [6.07, 6.45) is -12.0. The van der Waals surface area contributed by atoms with Gasteiger partial charge in [-0.1, -0.05) is 133 Å². The Morgan fingerprint density at radius 3 is 0.369 bits per heavy atom. The predicted octanol–water partition coefficient (Wildman–Crippen LogP) is 20.3. The molecule has 13 aromatic rings. The van der Waals surface area contributed by atoms with Crippen LogP contribution in [0.3, 0.4) is 0 Å². The molecule has 0 aliphatic rings. The smallest absolute Gasteiger partial charge is 0.358 e. The Kier molecular flexibility index (Phi) is 35.4. The molecular formula is C82H31B2F40I2IrOP2. The second-order valence-corrected chi connectivity index (χ2v) is 32.7. The summed E-state index contributed by atoms with van der Waals surface area (Å²) in [6.45, 7) is 4.50. The SMILES string of the molecule is Fc1c(F)c(F)c([B-](c2c(F)c(F)c(F)c(F)c2F)(c2c(F)c(F)c(F)c(F)c2F)c2c(F)c(F)c(F)c(F)c2F)c(F)c1F.Fc1c(F)c(F)c([B-](c2c(F)c(F)c(F)c(F)c2F)(c2c(F)c(F)c(F)c(F)c2F)c2c(F)c(F)c(F)c(F)c2F)c(F)c1F.Ic1ccccc1I.[C-]#[O+].[CH3-].[Ir+3].c1ccc(P(CCP(c2ccccc2)c2ccccc2)c2ccccc2)cc1. The van der Waals surface area contributed by atoms with Gasteiger partial charge in [0.1, 0.15) is 105 Å². The standard InChI is InChI=1S/C26H24P2.2C24BF20.C6H4I2.CO.CH3.Ir/c1-5-13-23(14-6-1)27(24-15-7-2-8-16-24)21-22-28(25-17-9-3-10-18-25)26-19-11-4-12-20-26;2*26-5-1(6(27)14(35)21(42)13(5)34)25(2-7(28)15(36)22(43)16(37)8(2)29,3-9(30)17(38)23(44)18(39)10(3)31)4-11(32)19(40)24(45)20(41)12(4)33;7-5-3-1-2-4-6(5)8;1-2;;/h1-20H,21-22H2;;;1-4H;;1H3;/q;2*-1;;;-1;+3. The van der Waals surface area contributed by atoms with Gasteiger partial charge < -0.3 is 7.43 Å². The molecule has 0 spiro atoms. The molecule has 0 bridgehead atoms. The van der Waals surface area contributed by atoms with Crippen LogP contribution in [0.2, 0.25) is 0 Å². The minimum atomic E-state index is -7.22.